The molecule has 0 aliphatic rings. The van der Waals surface area contributed by atoms with E-state index in [1.54, 1.807) is 12.4 Å². The minimum absolute atomic E-state index is 0.572. The van der Waals surface area contributed by atoms with Gasteiger partial charge < -0.3 is 4.90 Å². The van der Waals surface area contributed by atoms with Crippen molar-refractivity contribution in [3.05, 3.63) is 54.0 Å². The standard InChI is InChI=1S/C14H16ClN3/c1-12-14(17-9-8-16-12)18(10-7-15)11-13-5-3-2-4-6-13/h2-6,8-9H,7,10-11H2,1H3. The number of hydrogen-bond acceptors (Lipinski definition) is 3. The number of nitrogens with zero attached hydrogens (tertiary/aromatic N) is 3. The van der Waals surface area contributed by atoms with Crippen LogP contribution < -0.4 is 4.90 Å². The Morgan fingerprint density at radius 2 is 1.83 bits per heavy atom. The molecule has 0 aliphatic heterocycles. The molecule has 2 aromatic rings. The van der Waals surface area contributed by atoms with Crippen LogP contribution in [0.2, 0.25) is 0 Å². The van der Waals surface area contributed by atoms with E-state index in [-0.39, 0.29) is 0 Å². The van der Waals surface area contributed by atoms with Gasteiger partial charge in [0.25, 0.3) is 0 Å². The first-order valence-corrected chi connectivity index (χ1v) is 6.47. The second kappa shape index (κ2) is 6.36. The zero-order valence-corrected chi connectivity index (χ0v) is 11.1. The van der Waals surface area contributed by atoms with E-state index < -0.39 is 0 Å². The lowest BCUT2D eigenvalue weighted by molar-refractivity contribution is 0.804. The van der Waals surface area contributed by atoms with Gasteiger partial charge >= 0.3 is 0 Å². The number of hydrogen-bond donors (Lipinski definition) is 0. The number of aromatic nitrogens is 2. The van der Waals surface area contributed by atoms with Crippen LogP contribution in [0.4, 0.5) is 5.82 Å². The van der Waals surface area contributed by atoms with Crippen molar-refractivity contribution < 1.29 is 0 Å². The first-order chi connectivity index (χ1) is 8.81. The quantitative estimate of drug-likeness (QED) is 0.775. The van der Waals surface area contributed by atoms with E-state index in [1.165, 1.54) is 5.56 Å². The maximum Gasteiger partial charge on any atom is 0.150 e. The van der Waals surface area contributed by atoms with Gasteiger partial charge in [0, 0.05) is 31.4 Å². The molecule has 1 aromatic heterocycles. The van der Waals surface area contributed by atoms with E-state index in [4.69, 9.17) is 11.6 Å². The van der Waals surface area contributed by atoms with Gasteiger partial charge in [-0.1, -0.05) is 30.3 Å². The summed E-state index contributed by atoms with van der Waals surface area (Å²) in [5, 5.41) is 0. The second-order valence-corrected chi connectivity index (χ2v) is 4.44. The molecule has 0 bridgehead atoms. The largest absolute Gasteiger partial charge is 0.350 e. The summed E-state index contributed by atoms with van der Waals surface area (Å²) < 4.78 is 0. The number of anilines is 1. The lowest BCUT2D eigenvalue weighted by atomic mass is 10.2. The van der Waals surface area contributed by atoms with Crippen LogP contribution in [0.25, 0.3) is 0 Å². The molecule has 0 saturated carbocycles. The van der Waals surface area contributed by atoms with Crippen LogP contribution in [0.5, 0.6) is 0 Å². The van der Waals surface area contributed by atoms with Gasteiger partial charge in [-0.2, -0.15) is 0 Å². The van der Waals surface area contributed by atoms with Crippen LogP contribution in [0.3, 0.4) is 0 Å². The van der Waals surface area contributed by atoms with Crippen molar-refractivity contribution in [1.29, 1.82) is 0 Å². The summed E-state index contributed by atoms with van der Waals surface area (Å²) in [6.07, 6.45) is 3.43. The van der Waals surface area contributed by atoms with Gasteiger partial charge in [0.05, 0.1) is 5.69 Å². The molecule has 1 heterocycles. The molecule has 2 rings (SSSR count). The monoisotopic (exact) mass is 261 g/mol. The molecule has 18 heavy (non-hydrogen) atoms. The molecule has 0 amide bonds. The number of halogens is 1. The number of benzene rings is 1. The molecule has 3 nitrogen and oxygen atoms in total. The number of aryl methyl sites for hydroxylation is 1. The summed E-state index contributed by atoms with van der Waals surface area (Å²) in [5.74, 6) is 1.48. The normalized spacial score (nSPS) is 10.3. The minimum Gasteiger partial charge on any atom is -0.350 e. The second-order valence-electron chi connectivity index (χ2n) is 4.06. The first-order valence-electron chi connectivity index (χ1n) is 5.93. The Balaban J connectivity index is 2.21. The van der Waals surface area contributed by atoms with Crippen molar-refractivity contribution in [1.82, 2.24) is 9.97 Å². The van der Waals surface area contributed by atoms with Gasteiger partial charge in [-0.05, 0) is 12.5 Å². The minimum atomic E-state index is 0.572. The highest BCUT2D eigenvalue weighted by atomic mass is 35.5. The maximum atomic E-state index is 5.87. The van der Waals surface area contributed by atoms with E-state index in [0.717, 1.165) is 24.6 Å². The third-order valence-electron chi connectivity index (χ3n) is 2.73. The fraction of sp³-hybridized carbons (Fsp3) is 0.286. The lowest BCUT2D eigenvalue weighted by Gasteiger charge is -2.23. The Morgan fingerprint density at radius 1 is 1.11 bits per heavy atom. The fourth-order valence-corrected chi connectivity index (χ4v) is 2.08. The highest BCUT2D eigenvalue weighted by molar-refractivity contribution is 6.18. The van der Waals surface area contributed by atoms with Crippen molar-refractivity contribution in [3.63, 3.8) is 0 Å². The predicted octanol–water partition coefficient (Wildman–Crippen LogP) is 3.03. The van der Waals surface area contributed by atoms with Crippen molar-refractivity contribution in [2.45, 2.75) is 13.5 Å². The highest BCUT2D eigenvalue weighted by Gasteiger charge is 2.11. The van der Waals surface area contributed by atoms with Gasteiger partial charge in [0.15, 0.2) is 0 Å². The summed E-state index contributed by atoms with van der Waals surface area (Å²) in [5.41, 5.74) is 2.17. The molecule has 94 valence electrons. The SMILES string of the molecule is Cc1nccnc1N(CCCl)Cc1ccccc1. The smallest absolute Gasteiger partial charge is 0.150 e. The molecule has 1 aromatic carbocycles. The van der Waals surface area contributed by atoms with Crippen LogP contribution >= 0.6 is 11.6 Å². The molecule has 0 radical (unpaired) electrons. The lowest BCUT2D eigenvalue weighted by Crippen LogP contribution is -2.26. The topological polar surface area (TPSA) is 29.0 Å². The number of rotatable bonds is 5. The average molecular weight is 262 g/mol. The van der Waals surface area contributed by atoms with Gasteiger partial charge in [-0.3, -0.25) is 4.98 Å². The Kier molecular flexibility index (Phi) is 4.53. The Bertz CT molecular complexity index is 487. The van der Waals surface area contributed by atoms with Crippen LogP contribution in [-0.2, 0) is 6.54 Å². The van der Waals surface area contributed by atoms with Gasteiger partial charge in [0.2, 0.25) is 0 Å². The Morgan fingerprint density at radius 3 is 2.50 bits per heavy atom. The zero-order chi connectivity index (χ0) is 12.8. The third kappa shape index (κ3) is 3.20. The van der Waals surface area contributed by atoms with E-state index in [2.05, 4.69) is 27.0 Å². The molecule has 0 N–H and O–H groups in total. The summed E-state index contributed by atoms with van der Waals surface area (Å²) in [7, 11) is 0. The average Bonchev–Trinajstić information content (AvgIpc) is 2.40. The highest BCUT2D eigenvalue weighted by Crippen LogP contribution is 2.16. The zero-order valence-electron chi connectivity index (χ0n) is 10.4. The molecule has 0 atom stereocenters. The summed E-state index contributed by atoms with van der Waals surface area (Å²) in [6.45, 7) is 3.53. The van der Waals surface area contributed by atoms with Gasteiger partial charge in [0.1, 0.15) is 5.82 Å². The van der Waals surface area contributed by atoms with E-state index in [9.17, 15) is 0 Å². The maximum absolute atomic E-state index is 5.87. The molecule has 0 saturated heterocycles. The van der Waals surface area contributed by atoms with Gasteiger partial charge in [-0.25, -0.2) is 4.98 Å². The van der Waals surface area contributed by atoms with Crippen molar-refractivity contribution in [2.75, 3.05) is 17.3 Å². The molecule has 0 fully saturated rings. The van der Waals surface area contributed by atoms with Crippen molar-refractivity contribution >= 4 is 17.4 Å². The summed E-state index contributed by atoms with van der Waals surface area (Å²) >= 11 is 5.87. The molecule has 0 aliphatic carbocycles. The van der Waals surface area contributed by atoms with Crippen LogP contribution in [0.15, 0.2) is 42.7 Å². The predicted molar refractivity (Wildman–Crippen MR) is 75.0 cm³/mol. The summed E-state index contributed by atoms with van der Waals surface area (Å²) in [6, 6.07) is 10.3. The summed E-state index contributed by atoms with van der Waals surface area (Å²) in [4.78, 5) is 10.8. The molecule has 4 heteroatoms. The van der Waals surface area contributed by atoms with Crippen LogP contribution in [0, 0.1) is 6.92 Å². The molecular weight excluding hydrogens is 246 g/mol. The molecule has 0 unspecified atom stereocenters. The van der Waals surface area contributed by atoms with Gasteiger partial charge in [-0.15, -0.1) is 11.6 Å². The van der Waals surface area contributed by atoms with Crippen LogP contribution in [-0.4, -0.2) is 22.4 Å². The first kappa shape index (κ1) is 12.8. The van der Waals surface area contributed by atoms with Crippen molar-refractivity contribution in [3.8, 4) is 0 Å². The van der Waals surface area contributed by atoms with Crippen LogP contribution in [0.1, 0.15) is 11.3 Å². The fourth-order valence-electron chi connectivity index (χ4n) is 1.88. The van der Waals surface area contributed by atoms with E-state index >= 15 is 0 Å². The molecule has 0 spiro atoms. The van der Waals surface area contributed by atoms with E-state index in [1.807, 2.05) is 25.1 Å². The third-order valence-corrected chi connectivity index (χ3v) is 2.89. The molecular formula is C14H16ClN3. The van der Waals surface area contributed by atoms with Crippen molar-refractivity contribution in [2.24, 2.45) is 0 Å². The van der Waals surface area contributed by atoms with E-state index in [0.29, 0.717) is 5.88 Å². The Labute approximate surface area is 112 Å². The number of alkyl halides is 1. The Hall–Kier alpha value is -1.61.